The maximum atomic E-state index is 9.16. The van der Waals surface area contributed by atoms with Crippen LogP contribution < -0.4 is 5.32 Å². The molecule has 0 aliphatic rings. The van der Waals surface area contributed by atoms with Crippen molar-refractivity contribution in [1.29, 1.82) is 0 Å². The fourth-order valence-electron chi connectivity index (χ4n) is 1.69. The Hall–Kier alpha value is -1.10. The quantitative estimate of drug-likeness (QED) is 0.872. The minimum atomic E-state index is -0.109. The molecule has 0 amide bonds. The molecule has 0 bridgehead atoms. The first kappa shape index (κ1) is 13.3. The molecule has 0 aliphatic heterocycles. The van der Waals surface area contributed by atoms with Crippen LogP contribution in [0.3, 0.4) is 0 Å². The Morgan fingerprint density at radius 2 is 2.17 bits per heavy atom. The third kappa shape index (κ3) is 3.22. The first-order valence-corrected chi connectivity index (χ1v) is 6.33. The van der Waals surface area contributed by atoms with Gasteiger partial charge in [-0.3, -0.25) is 0 Å². The van der Waals surface area contributed by atoms with Crippen LogP contribution in [0, 0.1) is 5.41 Å². The molecule has 0 aromatic carbocycles. The summed E-state index contributed by atoms with van der Waals surface area (Å²) < 4.78 is 1.91. The van der Waals surface area contributed by atoms with Crippen molar-refractivity contribution in [2.75, 3.05) is 13.2 Å². The molecule has 18 heavy (non-hydrogen) atoms. The lowest BCUT2D eigenvalue weighted by Crippen LogP contribution is -2.31. The van der Waals surface area contributed by atoms with Gasteiger partial charge in [-0.05, 0) is 12.1 Å². The van der Waals surface area contributed by atoms with Crippen molar-refractivity contribution in [2.24, 2.45) is 5.41 Å². The Kier molecular flexibility index (Phi) is 3.90. The third-order valence-electron chi connectivity index (χ3n) is 2.80. The Morgan fingerprint density at radius 3 is 2.89 bits per heavy atom. The van der Waals surface area contributed by atoms with Crippen molar-refractivity contribution in [3.8, 4) is 0 Å². The highest BCUT2D eigenvalue weighted by Gasteiger charge is 2.15. The van der Waals surface area contributed by atoms with E-state index >= 15 is 0 Å². The molecule has 2 heterocycles. The minimum Gasteiger partial charge on any atom is -0.396 e. The van der Waals surface area contributed by atoms with Crippen molar-refractivity contribution in [2.45, 2.75) is 20.4 Å². The molecule has 0 unspecified atom stereocenters. The van der Waals surface area contributed by atoms with Crippen LogP contribution in [0.2, 0.25) is 5.02 Å². The van der Waals surface area contributed by atoms with Gasteiger partial charge in [-0.15, -0.1) is 0 Å². The standard InChI is InChI=1S/C13H18ClN3O/c1-13(2,9-18)8-15-5-11-7-17-6-10(14)3-4-12(17)16-11/h3-4,6-7,15,18H,5,8-9H2,1-2H3. The van der Waals surface area contributed by atoms with E-state index in [0.29, 0.717) is 11.6 Å². The summed E-state index contributed by atoms with van der Waals surface area (Å²) in [6.45, 7) is 5.63. The monoisotopic (exact) mass is 267 g/mol. The number of imidazole rings is 1. The van der Waals surface area contributed by atoms with E-state index in [0.717, 1.165) is 17.9 Å². The molecule has 0 spiro atoms. The molecule has 2 N–H and O–H groups in total. The summed E-state index contributed by atoms with van der Waals surface area (Å²) >= 11 is 5.92. The van der Waals surface area contributed by atoms with Crippen LogP contribution in [-0.4, -0.2) is 27.6 Å². The lowest BCUT2D eigenvalue weighted by atomic mass is 9.95. The van der Waals surface area contributed by atoms with Crippen LogP contribution in [0.1, 0.15) is 19.5 Å². The number of fused-ring (bicyclic) bond motifs is 1. The zero-order valence-corrected chi connectivity index (χ0v) is 11.4. The van der Waals surface area contributed by atoms with Gasteiger partial charge in [0.1, 0.15) is 5.65 Å². The summed E-state index contributed by atoms with van der Waals surface area (Å²) in [5, 5.41) is 13.2. The number of nitrogens with one attached hydrogen (secondary N) is 1. The van der Waals surface area contributed by atoms with E-state index in [2.05, 4.69) is 10.3 Å². The number of hydrogen-bond donors (Lipinski definition) is 2. The molecular formula is C13H18ClN3O. The van der Waals surface area contributed by atoms with E-state index < -0.39 is 0 Å². The average Bonchev–Trinajstić information content (AvgIpc) is 2.70. The van der Waals surface area contributed by atoms with E-state index in [-0.39, 0.29) is 12.0 Å². The number of aromatic nitrogens is 2. The molecular weight excluding hydrogens is 250 g/mol. The third-order valence-corrected chi connectivity index (χ3v) is 3.03. The molecule has 5 heteroatoms. The summed E-state index contributed by atoms with van der Waals surface area (Å²) in [6.07, 6.45) is 3.80. The van der Waals surface area contributed by atoms with Crippen molar-refractivity contribution >= 4 is 17.2 Å². The zero-order chi connectivity index (χ0) is 13.2. The number of halogens is 1. The minimum absolute atomic E-state index is 0.109. The van der Waals surface area contributed by atoms with Gasteiger partial charge in [-0.1, -0.05) is 25.4 Å². The number of aliphatic hydroxyl groups excluding tert-OH is 1. The SMILES string of the molecule is CC(C)(CO)CNCc1cn2cc(Cl)ccc2n1. The van der Waals surface area contributed by atoms with Crippen molar-refractivity contribution in [3.63, 3.8) is 0 Å². The first-order valence-electron chi connectivity index (χ1n) is 5.95. The van der Waals surface area contributed by atoms with Gasteiger partial charge in [0, 0.05) is 37.5 Å². The topological polar surface area (TPSA) is 49.6 Å². The molecule has 2 rings (SSSR count). The predicted molar refractivity (Wildman–Crippen MR) is 72.8 cm³/mol. The zero-order valence-electron chi connectivity index (χ0n) is 10.7. The number of nitrogens with zero attached hydrogens (tertiary/aromatic N) is 2. The van der Waals surface area contributed by atoms with E-state index in [1.807, 2.05) is 42.8 Å². The van der Waals surface area contributed by atoms with Crippen LogP contribution in [0.15, 0.2) is 24.5 Å². The average molecular weight is 268 g/mol. The lowest BCUT2D eigenvalue weighted by molar-refractivity contribution is 0.156. The van der Waals surface area contributed by atoms with Gasteiger partial charge in [-0.25, -0.2) is 4.98 Å². The van der Waals surface area contributed by atoms with Gasteiger partial charge in [0.15, 0.2) is 0 Å². The van der Waals surface area contributed by atoms with Gasteiger partial charge in [0.25, 0.3) is 0 Å². The molecule has 98 valence electrons. The van der Waals surface area contributed by atoms with Crippen molar-refractivity contribution < 1.29 is 5.11 Å². The summed E-state index contributed by atoms with van der Waals surface area (Å²) in [4.78, 5) is 4.48. The largest absolute Gasteiger partial charge is 0.396 e. The van der Waals surface area contributed by atoms with Gasteiger partial charge in [0.05, 0.1) is 10.7 Å². The maximum absolute atomic E-state index is 9.16. The van der Waals surface area contributed by atoms with Gasteiger partial charge in [0.2, 0.25) is 0 Å². The van der Waals surface area contributed by atoms with Gasteiger partial charge >= 0.3 is 0 Å². The second-order valence-electron chi connectivity index (χ2n) is 5.27. The highest BCUT2D eigenvalue weighted by molar-refractivity contribution is 6.30. The second kappa shape index (κ2) is 5.26. The highest BCUT2D eigenvalue weighted by Crippen LogP contribution is 2.13. The number of hydrogen-bond acceptors (Lipinski definition) is 3. The van der Waals surface area contributed by atoms with E-state index in [9.17, 15) is 0 Å². The van der Waals surface area contributed by atoms with Crippen LogP contribution in [0.25, 0.3) is 5.65 Å². The Labute approximate surface area is 112 Å². The van der Waals surface area contributed by atoms with Crippen LogP contribution in [-0.2, 0) is 6.54 Å². The molecule has 0 saturated heterocycles. The molecule has 0 saturated carbocycles. The molecule has 2 aromatic rings. The smallest absolute Gasteiger partial charge is 0.137 e. The summed E-state index contributed by atoms with van der Waals surface area (Å²) in [5.74, 6) is 0. The molecule has 2 aromatic heterocycles. The van der Waals surface area contributed by atoms with Crippen LogP contribution in [0.5, 0.6) is 0 Å². The molecule has 0 atom stereocenters. The molecule has 0 aliphatic carbocycles. The molecule has 0 fully saturated rings. The van der Waals surface area contributed by atoms with Crippen LogP contribution >= 0.6 is 11.6 Å². The Balaban J connectivity index is 2.00. The van der Waals surface area contributed by atoms with Crippen molar-refractivity contribution in [3.05, 3.63) is 35.2 Å². The second-order valence-corrected chi connectivity index (χ2v) is 5.71. The summed E-state index contributed by atoms with van der Waals surface area (Å²) in [6, 6.07) is 3.72. The van der Waals surface area contributed by atoms with Gasteiger partial charge < -0.3 is 14.8 Å². The summed E-state index contributed by atoms with van der Waals surface area (Å²) in [7, 11) is 0. The normalized spacial score (nSPS) is 12.2. The lowest BCUT2D eigenvalue weighted by Gasteiger charge is -2.21. The Bertz CT molecular complexity index is 536. The molecule has 0 radical (unpaired) electrons. The number of pyridine rings is 1. The fraction of sp³-hybridized carbons (Fsp3) is 0.462. The summed E-state index contributed by atoms with van der Waals surface area (Å²) in [5.41, 5.74) is 1.74. The van der Waals surface area contributed by atoms with E-state index in [1.54, 1.807) is 0 Å². The first-order chi connectivity index (χ1) is 8.50. The Morgan fingerprint density at radius 1 is 1.39 bits per heavy atom. The van der Waals surface area contributed by atoms with E-state index in [4.69, 9.17) is 16.7 Å². The molecule has 4 nitrogen and oxygen atoms in total. The highest BCUT2D eigenvalue weighted by atomic mass is 35.5. The van der Waals surface area contributed by atoms with Crippen LogP contribution in [0.4, 0.5) is 0 Å². The van der Waals surface area contributed by atoms with E-state index in [1.165, 1.54) is 0 Å². The fourth-order valence-corrected chi connectivity index (χ4v) is 1.86. The number of aliphatic hydroxyl groups is 1. The number of rotatable bonds is 5. The predicted octanol–water partition coefficient (Wildman–Crippen LogP) is 2.10. The maximum Gasteiger partial charge on any atom is 0.137 e. The van der Waals surface area contributed by atoms with Gasteiger partial charge in [-0.2, -0.15) is 0 Å². The van der Waals surface area contributed by atoms with Crippen molar-refractivity contribution in [1.82, 2.24) is 14.7 Å².